The molecule has 9 nitrogen and oxygen atoms in total. The van der Waals surface area contributed by atoms with E-state index in [1.807, 2.05) is 21.1 Å². The average molecular weight is 716 g/mol. The Balaban J connectivity index is 4.45. The SMILES string of the molecule is CCCC/C=C\CCCCCCCC(=O)OCC(COP(=O)([O-])OCC[N+](C)(C)C)OC(=O)CCCCCCC/C=C\CCCCCCC. The standard InChI is InChI=1S/C39H74NO8P/c1-6-8-10-12-14-16-18-19-20-22-24-26-28-30-32-39(42)48-37(36-47-49(43,44)46-34-33-40(3,4)5)35-45-38(41)31-29-27-25-23-21-17-15-13-11-9-7-2/h13,15,18-19,37H,6-12,14,16-17,20-36H2,1-5H3/b15-13-,19-18-. The van der Waals surface area contributed by atoms with Gasteiger partial charge >= 0.3 is 11.9 Å². The highest BCUT2D eigenvalue weighted by atomic mass is 31.2. The number of hydrogen-bond acceptors (Lipinski definition) is 8. The first kappa shape index (κ1) is 47.5. The van der Waals surface area contributed by atoms with Gasteiger partial charge in [-0.3, -0.25) is 14.2 Å². The van der Waals surface area contributed by atoms with Crippen LogP contribution in [0.3, 0.4) is 0 Å². The van der Waals surface area contributed by atoms with E-state index in [0.717, 1.165) is 77.0 Å². The fraction of sp³-hybridized carbons (Fsp3) is 0.846. The van der Waals surface area contributed by atoms with Gasteiger partial charge < -0.3 is 27.9 Å². The van der Waals surface area contributed by atoms with Crippen molar-refractivity contribution in [2.45, 2.75) is 168 Å². The van der Waals surface area contributed by atoms with E-state index in [1.165, 1.54) is 51.4 Å². The molecule has 0 aromatic rings. The van der Waals surface area contributed by atoms with Crippen molar-refractivity contribution in [3.63, 3.8) is 0 Å². The van der Waals surface area contributed by atoms with Crippen molar-refractivity contribution >= 4 is 19.8 Å². The van der Waals surface area contributed by atoms with Crippen LogP contribution >= 0.6 is 7.82 Å². The van der Waals surface area contributed by atoms with E-state index in [0.29, 0.717) is 17.4 Å². The lowest BCUT2D eigenvalue weighted by atomic mass is 10.1. The van der Waals surface area contributed by atoms with Crippen LogP contribution in [0.25, 0.3) is 0 Å². The molecule has 0 aromatic carbocycles. The number of likely N-dealkylation sites (N-methyl/N-ethyl adjacent to an activating group) is 1. The Bertz CT molecular complexity index is 902. The van der Waals surface area contributed by atoms with Gasteiger partial charge in [0.05, 0.1) is 27.7 Å². The van der Waals surface area contributed by atoms with Gasteiger partial charge in [0.15, 0.2) is 6.10 Å². The Labute approximate surface area is 300 Å². The third-order valence-corrected chi connectivity index (χ3v) is 9.16. The van der Waals surface area contributed by atoms with E-state index in [9.17, 15) is 19.0 Å². The molecule has 0 amide bonds. The Hall–Kier alpha value is -1.51. The van der Waals surface area contributed by atoms with Crippen LogP contribution in [-0.2, 0) is 32.7 Å². The van der Waals surface area contributed by atoms with Crippen LogP contribution < -0.4 is 4.89 Å². The number of esters is 2. The predicted octanol–water partition coefficient (Wildman–Crippen LogP) is 9.77. The minimum absolute atomic E-state index is 0.0329. The van der Waals surface area contributed by atoms with Crippen molar-refractivity contribution in [1.82, 2.24) is 0 Å². The Morgan fingerprint density at radius 3 is 1.57 bits per heavy atom. The van der Waals surface area contributed by atoms with E-state index in [4.69, 9.17) is 18.5 Å². The topological polar surface area (TPSA) is 111 Å². The largest absolute Gasteiger partial charge is 0.756 e. The normalized spacial score (nSPS) is 14.0. The first-order chi connectivity index (χ1) is 23.5. The zero-order valence-corrected chi connectivity index (χ0v) is 33.0. The van der Waals surface area contributed by atoms with Gasteiger partial charge in [0.2, 0.25) is 0 Å². The Kier molecular flexibility index (Phi) is 31.4. The molecule has 0 aromatic heterocycles. The number of phosphoric acid groups is 1. The molecule has 0 aliphatic carbocycles. The molecule has 0 bridgehead atoms. The van der Waals surface area contributed by atoms with Crippen molar-refractivity contribution in [2.24, 2.45) is 0 Å². The minimum Gasteiger partial charge on any atom is -0.756 e. The second-order valence-corrected chi connectivity index (χ2v) is 15.7. The summed E-state index contributed by atoms with van der Waals surface area (Å²) < 4.78 is 33.7. The molecule has 0 N–H and O–H groups in total. The van der Waals surface area contributed by atoms with Gasteiger partial charge in [-0.05, 0) is 57.8 Å². The third kappa shape index (κ3) is 36.1. The van der Waals surface area contributed by atoms with Gasteiger partial charge in [-0.15, -0.1) is 0 Å². The zero-order valence-electron chi connectivity index (χ0n) is 32.1. The molecule has 0 radical (unpaired) electrons. The monoisotopic (exact) mass is 716 g/mol. The molecule has 0 spiro atoms. The molecule has 10 heteroatoms. The summed E-state index contributed by atoms with van der Waals surface area (Å²) in [6.07, 6.45) is 32.0. The van der Waals surface area contributed by atoms with Crippen LogP contribution in [0.5, 0.6) is 0 Å². The van der Waals surface area contributed by atoms with E-state index in [2.05, 4.69) is 38.2 Å². The Morgan fingerprint density at radius 2 is 1.06 bits per heavy atom. The summed E-state index contributed by atoms with van der Waals surface area (Å²) in [4.78, 5) is 37.3. The fourth-order valence-corrected chi connectivity index (χ4v) is 5.77. The number of rotatable bonds is 35. The fourth-order valence-electron chi connectivity index (χ4n) is 5.04. The van der Waals surface area contributed by atoms with Gasteiger partial charge in [0.25, 0.3) is 7.82 Å². The van der Waals surface area contributed by atoms with Crippen molar-refractivity contribution in [1.29, 1.82) is 0 Å². The van der Waals surface area contributed by atoms with Gasteiger partial charge in [-0.25, -0.2) is 0 Å². The Morgan fingerprint density at radius 1 is 0.612 bits per heavy atom. The van der Waals surface area contributed by atoms with Gasteiger partial charge in [-0.1, -0.05) is 115 Å². The van der Waals surface area contributed by atoms with Crippen LogP contribution in [0.2, 0.25) is 0 Å². The summed E-state index contributed by atoms with van der Waals surface area (Å²) in [5.74, 6) is -0.857. The molecular formula is C39H74NO8P. The first-order valence-electron chi connectivity index (χ1n) is 19.5. The number of ether oxygens (including phenoxy) is 2. The van der Waals surface area contributed by atoms with Crippen molar-refractivity contribution in [3.8, 4) is 0 Å². The lowest BCUT2D eigenvalue weighted by molar-refractivity contribution is -0.870. The van der Waals surface area contributed by atoms with E-state index >= 15 is 0 Å². The number of unbranched alkanes of at least 4 members (excludes halogenated alkanes) is 17. The molecule has 0 fully saturated rings. The molecule has 0 aliphatic rings. The third-order valence-electron chi connectivity index (χ3n) is 8.19. The number of allylic oxidation sites excluding steroid dienone is 4. The maximum atomic E-state index is 12.6. The van der Waals surface area contributed by atoms with E-state index in [1.54, 1.807) is 0 Å². The molecule has 0 rings (SSSR count). The summed E-state index contributed by atoms with van der Waals surface area (Å²) in [6, 6.07) is 0. The summed E-state index contributed by atoms with van der Waals surface area (Å²) in [5.41, 5.74) is 0. The smallest absolute Gasteiger partial charge is 0.306 e. The van der Waals surface area contributed by atoms with Crippen LogP contribution in [-0.4, -0.2) is 70.0 Å². The molecule has 0 saturated heterocycles. The van der Waals surface area contributed by atoms with E-state index in [-0.39, 0.29) is 26.1 Å². The number of nitrogens with zero attached hydrogens (tertiary/aromatic N) is 1. The maximum Gasteiger partial charge on any atom is 0.306 e. The molecule has 0 heterocycles. The lowest BCUT2D eigenvalue weighted by Crippen LogP contribution is -2.37. The maximum absolute atomic E-state index is 12.6. The van der Waals surface area contributed by atoms with Crippen LogP contribution in [0.4, 0.5) is 0 Å². The summed E-state index contributed by atoms with van der Waals surface area (Å²) in [5, 5.41) is 0. The molecule has 2 unspecified atom stereocenters. The molecular weight excluding hydrogens is 641 g/mol. The molecule has 49 heavy (non-hydrogen) atoms. The van der Waals surface area contributed by atoms with Crippen LogP contribution in [0.15, 0.2) is 24.3 Å². The summed E-state index contributed by atoms with van der Waals surface area (Å²) in [7, 11) is 1.15. The summed E-state index contributed by atoms with van der Waals surface area (Å²) >= 11 is 0. The van der Waals surface area contributed by atoms with Crippen LogP contribution in [0.1, 0.15) is 162 Å². The minimum atomic E-state index is -4.62. The number of carbonyl (C=O) groups is 2. The highest BCUT2D eigenvalue weighted by Gasteiger charge is 2.21. The van der Waals surface area contributed by atoms with Crippen molar-refractivity contribution in [3.05, 3.63) is 24.3 Å². The molecule has 2 atom stereocenters. The highest BCUT2D eigenvalue weighted by molar-refractivity contribution is 7.45. The van der Waals surface area contributed by atoms with Gasteiger partial charge in [-0.2, -0.15) is 0 Å². The lowest BCUT2D eigenvalue weighted by Gasteiger charge is -2.28. The van der Waals surface area contributed by atoms with Gasteiger partial charge in [0.1, 0.15) is 19.8 Å². The number of phosphoric ester groups is 1. The quantitative estimate of drug-likeness (QED) is 0.0210. The number of carbonyl (C=O) groups excluding carboxylic acids is 2. The molecule has 288 valence electrons. The number of hydrogen-bond donors (Lipinski definition) is 0. The molecule has 0 aliphatic heterocycles. The number of quaternary nitrogens is 1. The van der Waals surface area contributed by atoms with Gasteiger partial charge in [0, 0.05) is 12.8 Å². The average Bonchev–Trinajstić information content (AvgIpc) is 3.04. The zero-order chi connectivity index (χ0) is 36.5. The predicted molar refractivity (Wildman–Crippen MR) is 199 cm³/mol. The highest BCUT2D eigenvalue weighted by Crippen LogP contribution is 2.38. The first-order valence-corrected chi connectivity index (χ1v) is 21.0. The second kappa shape index (κ2) is 32.4. The second-order valence-electron chi connectivity index (χ2n) is 14.3. The summed E-state index contributed by atoms with van der Waals surface area (Å²) in [6.45, 7) is 4.14. The van der Waals surface area contributed by atoms with Crippen molar-refractivity contribution in [2.75, 3.05) is 47.5 Å². The van der Waals surface area contributed by atoms with E-state index < -0.39 is 32.5 Å². The van der Waals surface area contributed by atoms with Crippen LogP contribution in [0, 0.1) is 0 Å². The molecule has 0 saturated carbocycles. The van der Waals surface area contributed by atoms with Crippen molar-refractivity contribution < 1.29 is 42.1 Å².